The van der Waals surface area contributed by atoms with Gasteiger partial charge in [-0.3, -0.25) is 9.69 Å². The van der Waals surface area contributed by atoms with Gasteiger partial charge in [-0.15, -0.1) is 0 Å². The van der Waals surface area contributed by atoms with Crippen LogP contribution in [0.5, 0.6) is 0 Å². The average molecular weight is 284 g/mol. The lowest BCUT2D eigenvalue weighted by molar-refractivity contribution is -0.122. The van der Waals surface area contributed by atoms with Crippen LogP contribution in [0, 0.1) is 0 Å². The standard InChI is InChI=1S/C14H22ClN3O/c1-3-6-17-14(19)10-18(2)9-12-5-4-11(8-16)7-13(12)15/h4-5,7H,3,6,8-10,16H2,1-2H3,(H,17,19). The van der Waals surface area contributed by atoms with Gasteiger partial charge in [0.25, 0.3) is 0 Å². The number of hydrogen-bond acceptors (Lipinski definition) is 3. The molecule has 1 amide bonds. The highest BCUT2D eigenvalue weighted by atomic mass is 35.5. The van der Waals surface area contributed by atoms with Crippen LogP contribution in [0.4, 0.5) is 0 Å². The van der Waals surface area contributed by atoms with Gasteiger partial charge in [-0.2, -0.15) is 0 Å². The second-order valence-corrected chi connectivity index (χ2v) is 5.06. The maximum atomic E-state index is 11.6. The number of nitrogens with zero attached hydrogens (tertiary/aromatic N) is 1. The predicted octanol–water partition coefficient (Wildman–Crippen LogP) is 1.76. The molecular weight excluding hydrogens is 262 g/mol. The van der Waals surface area contributed by atoms with Crippen LogP contribution in [0.1, 0.15) is 24.5 Å². The third kappa shape index (κ3) is 5.59. The number of carbonyl (C=O) groups excluding carboxylic acids is 1. The summed E-state index contributed by atoms with van der Waals surface area (Å²) in [4.78, 5) is 13.5. The molecule has 0 fully saturated rings. The van der Waals surface area contributed by atoms with Crippen LogP contribution in [0.25, 0.3) is 0 Å². The second-order valence-electron chi connectivity index (χ2n) is 4.65. The van der Waals surface area contributed by atoms with Crippen LogP contribution >= 0.6 is 11.6 Å². The Labute approximate surface area is 119 Å². The minimum absolute atomic E-state index is 0.0408. The lowest BCUT2D eigenvalue weighted by Crippen LogP contribution is -2.35. The predicted molar refractivity (Wildman–Crippen MR) is 79.0 cm³/mol. The van der Waals surface area contributed by atoms with E-state index >= 15 is 0 Å². The number of nitrogens with two attached hydrogens (primary N) is 1. The number of hydrogen-bond donors (Lipinski definition) is 2. The molecule has 0 atom stereocenters. The summed E-state index contributed by atoms with van der Waals surface area (Å²) in [5, 5.41) is 3.55. The van der Waals surface area contributed by atoms with Crippen molar-refractivity contribution < 1.29 is 4.79 Å². The molecule has 3 N–H and O–H groups in total. The molecule has 0 unspecified atom stereocenters. The number of halogens is 1. The smallest absolute Gasteiger partial charge is 0.234 e. The van der Waals surface area contributed by atoms with Gasteiger partial charge in [-0.25, -0.2) is 0 Å². The highest BCUT2D eigenvalue weighted by Crippen LogP contribution is 2.19. The van der Waals surface area contributed by atoms with E-state index in [0.29, 0.717) is 24.7 Å². The number of nitrogens with one attached hydrogen (secondary N) is 1. The lowest BCUT2D eigenvalue weighted by Gasteiger charge is -2.17. The van der Waals surface area contributed by atoms with Crippen molar-refractivity contribution in [2.75, 3.05) is 20.1 Å². The molecule has 4 nitrogen and oxygen atoms in total. The number of benzene rings is 1. The largest absolute Gasteiger partial charge is 0.355 e. The molecule has 106 valence electrons. The van der Waals surface area contributed by atoms with E-state index in [1.54, 1.807) is 0 Å². The van der Waals surface area contributed by atoms with Gasteiger partial charge < -0.3 is 11.1 Å². The van der Waals surface area contributed by atoms with Crippen molar-refractivity contribution in [3.63, 3.8) is 0 Å². The quantitative estimate of drug-likeness (QED) is 0.802. The van der Waals surface area contributed by atoms with Gasteiger partial charge in [0.2, 0.25) is 5.91 Å². The highest BCUT2D eigenvalue weighted by molar-refractivity contribution is 6.31. The van der Waals surface area contributed by atoms with Gasteiger partial charge in [0, 0.05) is 24.7 Å². The average Bonchev–Trinajstić information content (AvgIpc) is 2.38. The summed E-state index contributed by atoms with van der Waals surface area (Å²) in [7, 11) is 1.90. The highest BCUT2D eigenvalue weighted by Gasteiger charge is 2.09. The molecule has 0 aliphatic heterocycles. The maximum Gasteiger partial charge on any atom is 0.234 e. The number of likely N-dealkylation sites (N-methyl/N-ethyl adjacent to an activating group) is 1. The van der Waals surface area contributed by atoms with Crippen molar-refractivity contribution in [3.8, 4) is 0 Å². The molecule has 0 saturated heterocycles. The van der Waals surface area contributed by atoms with E-state index in [-0.39, 0.29) is 5.91 Å². The molecule has 0 bridgehead atoms. The van der Waals surface area contributed by atoms with E-state index in [2.05, 4.69) is 5.32 Å². The fourth-order valence-electron chi connectivity index (χ4n) is 1.76. The van der Waals surface area contributed by atoms with Crippen molar-refractivity contribution >= 4 is 17.5 Å². The van der Waals surface area contributed by atoms with Crippen LogP contribution in [0.15, 0.2) is 18.2 Å². The Morgan fingerprint density at radius 2 is 2.21 bits per heavy atom. The first-order valence-electron chi connectivity index (χ1n) is 6.49. The Morgan fingerprint density at radius 3 is 2.79 bits per heavy atom. The normalized spacial score (nSPS) is 10.8. The number of rotatable bonds is 7. The lowest BCUT2D eigenvalue weighted by atomic mass is 10.1. The Kier molecular flexibility index (Phi) is 6.84. The van der Waals surface area contributed by atoms with Crippen molar-refractivity contribution in [3.05, 3.63) is 34.3 Å². The molecule has 1 rings (SSSR count). The SMILES string of the molecule is CCCNC(=O)CN(C)Cc1ccc(CN)cc1Cl. The van der Waals surface area contributed by atoms with E-state index < -0.39 is 0 Å². The molecular formula is C14H22ClN3O. The Morgan fingerprint density at radius 1 is 1.47 bits per heavy atom. The minimum atomic E-state index is 0.0408. The molecule has 0 aliphatic rings. The molecule has 0 heterocycles. The Bertz CT molecular complexity index is 423. The molecule has 0 spiro atoms. The Balaban J connectivity index is 2.52. The van der Waals surface area contributed by atoms with E-state index in [1.807, 2.05) is 37.1 Å². The summed E-state index contributed by atoms with van der Waals surface area (Å²) < 4.78 is 0. The first kappa shape index (κ1) is 16.0. The van der Waals surface area contributed by atoms with Gasteiger partial charge in [-0.05, 0) is 30.7 Å². The fourth-order valence-corrected chi connectivity index (χ4v) is 2.02. The van der Waals surface area contributed by atoms with Gasteiger partial charge in [-0.1, -0.05) is 30.7 Å². The zero-order valence-corrected chi connectivity index (χ0v) is 12.3. The van der Waals surface area contributed by atoms with Gasteiger partial charge in [0.1, 0.15) is 0 Å². The minimum Gasteiger partial charge on any atom is -0.355 e. The monoisotopic (exact) mass is 283 g/mol. The second kappa shape index (κ2) is 8.15. The van der Waals surface area contributed by atoms with Crippen LogP contribution in [0.3, 0.4) is 0 Å². The van der Waals surface area contributed by atoms with E-state index in [1.165, 1.54) is 0 Å². The Hall–Kier alpha value is -1.10. The molecule has 19 heavy (non-hydrogen) atoms. The van der Waals surface area contributed by atoms with E-state index in [9.17, 15) is 4.79 Å². The first-order chi connectivity index (χ1) is 9.06. The van der Waals surface area contributed by atoms with Crippen molar-refractivity contribution in [2.24, 2.45) is 5.73 Å². The molecule has 0 aliphatic carbocycles. The van der Waals surface area contributed by atoms with Crippen molar-refractivity contribution in [1.82, 2.24) is 10.2 Å². The van der Waals surface area contributed by atoms with Crippen LogP contribution in [-0.2, 0) is 17.9 Å². The van der Waals surface area contributed by atoms with Gasteiger partial charge in [0.05, 0.1) is 6.54 Å². The molecule has 5 heteroatoms. The molecule has 0 radical (unpaired) electrons. The molecule has 0 aromatic heterocycles. The third-order valence-corrected chi connectivity index (χ3v) is 3.13. The van der Waals surface area contributed by atoms with Gasteiger partial charge in [0.15, 0.2) is 0 Å². The summed E-state index contributed by atoms with van der Waals surface area (Å²) in [5.74, 6) is 0.0408. The zero-order chi connectivity index (χ0) is 14.3. The summed E-state index contributed by atoms with van der Waals surface area (Å²) in [5.41, 5.74) is 7.58. The van der Waals surface area contributed by atoms with Crippen LogP contribution in [-0.4, -0.2) is 30.9 Å². The van der Waals surface area contributed by atoms with Crippen molar-refractivity contribution in [1.29, 1.82) is 0 Å². The summed E-state index contributed by atoms with van der Waals surface area (Å²) >= 11 is 6.19. The van der Waals surface area contributed by atoms with Crippen LogP contribution < -0.4 is 11.1 Å². The van der Waals surface area contributed by atoms with E-state index in [0.717, 1.165) is 24.1 Å². The number of amides is 1. The topological polar surface area (TPSA) is 58.4 Å². The fraction of sp³-hybridized carbons (Fsp3) is 0.500. The first-order valence-corrected chi connectivity index (χ1v) is 6.87. The van der Waals surface area contributed by atoms with E-state index in [4.69, 9.17) is 17.3 Å². The molecule has 1 aromatic carbocycles. The summed E-state index contributed by atoms with van der Waals surface area (Å²) in [6.45, 7) is 4.24. The molecule has 0 saturated carbocycles. The van der Waals surface area contributed by atoms with Gasteiger partial charge >= 0.3 is 0 Å². The molecule has 1 aromatic rings. The van der Waals surface area contributed by atoms with Crippen LogP contribution in [0.2, 0.25) is 5.02 Å². The summed E-state index contributed by atoms with van der Waals surface area (Å²) in [6.07, 6.45) is 0.946. The maximum absolute atomic E-state index is 11.6. The van der Waals surface area contributed by atoms with Crippen molar-refractivity contribution in [2.45, 2.75) is 26.4 Å². The summed E-state index contributed by atoms with van der Waals surface area (Å²) in [6, 6.07) is 5.80. The third-order valence-electron chi connectivity index (χ3n) is 2.78. The zero-order valence-electron chi connectivity index (χ0n) is 11.6. The number of carbonyl (C=O) groups is 1.